The molecular weight excluding hydrogens is 367 g/mol. The highest BCUT2D eigenvalue weighted by Crippen LogP contribution is 2.30. The Morgan fingerprint density at radius 2 is 2.12 bits per heavy atom. The SMILES string of the molecule is O=C(CCC1CCNCC1)Nc1nc2ccc(OCC(F)(F)F)cc2s1. The molecule has 2 aromatic rings. The minimum Gasteiger partial charge on any atom is -0.484 e. The second kappa shape index (κ2) is 8.22. The molecule has 9 heteroatoms. The monoisotopic (exact) mass is 387 g/mol. The van der Waals surface area contributed by atoms with Crippen LogP contribution in [0.1, 0.15) is 25.7 Å². The quantitative estimate of drug-likeness (QED) is 0.788. The van der Waals surface area contributed by atoms with Crippen molar-refractivity contribution < 1.29 is 22.7 Å². The van der Waals surface area contributed by atoms with Gasteiger partial charge in [-0.1, -0.05) is 11.3 Å². The van der Waals surface area contributed by atoms with E-state index >= 15 is 0 Å². The lowest BCUT2D eigenvalue weighted by molar-refractivity contribution is -0.153. The zero-order valence-corrected chi connectivity index (χ0v) is 14.9. The van der Waals surface area contributed by atoms with Gasteiger partial charge < -0.3 is 15.4 Å². The molecule has 0 bridgehead atoms. The molecule has 0 unspecified atom stereocenters. The number of benzene rings is 1. The van der Waals surface area contributed by atoms with E-state index in [0.29, 0.717) is 27.7 Å². The standard InChI is InChI=1S/C17H20F3N3O2S/c18-17(19,20)10-25-12-2-3-13-14(9-12)26-16(22-13)23-15(24)4-1-11-5-7-21-8-6-11/h2-3,9,11,21H,1,4-8,10H2,(H,22,23,24). The van der Waals surface area contributed by atoms with Crippen LogP contribution in [0.15, 0.2) is 18.2 Å². The molecule has 142 valence electrons. The predicted molar refractivity (Wildman–Crippen MR) is 94.6 cm³/mol. The molecule has 0 atom stereocenters. The van der Waals surface area contributed by atoms with E-state index in [-0.39, 0.29) is 11.7 Å². The molecule has 1 aromatic carbocycles. The highest BCUT2D eigenvalue weighted by molar-refractivity contribution is 7.22. The number of ether oxygens (including phenoxy) is 1. The number of hydrogen-bond donors (Lipinski definition) is 2. The number of hydrogen-bond acceptors (Lipinski definition) is 5. The van der Waals surface area contributed by atoms with Gasteiger partial charge in [-0.2, -0.15) is 13.2 Å². The van der Waals surface area contributed by atoms with Crippen molar-refractivity contribution in [1.82, 2.24) is 10.3 Å². The van der Waals surface area contributed by atoms with E-state index < -0.39 is 12.8 Å². The van der Waals surface area contributed by atoms with Crippen molar-refractivity contribution in [2.45, 2.75) is 31.9 Å². The summed E-state index contributed by atoms with van der Waals surface area (Å²) < 4.78 is 42.1. The van der Waals surface area contributed by atoms with E-state index in [2.05, 4.69) is 15.6 Å². The molecule has 0 saturated carbocycles. The second-order valence-electron chi connectivity index (χ2n) is 6.33. The average Bonchev–Trinajstić information content (AvgIpc) is 3.00. The van der Waals surface area contributed by atoms with E-state index in [0.717, 1.165) is 32.4 Å². The Morgan fingerprint density at radius 3 is 2.85 bits per heavy atom. The summed E-state index contributed by atoms with van der Waals surface area (Å²) in [6, 6.07) is 4.53. The Kier molecular flexibility index (Phi) is 5.98. The molecule has 1 aromatic heterocycles. The normalized spacial score (nSPS) is 16.0. The number of fused-ring (bicyclic) bond motifs is 1. The van der Waals surface area contributed by atoms with Crippen molar-refractivity contribution in [1.29, 1.82) is 0 Å². The van der Waals surface area contributed by atoms with Crippen molar-refractivity contribution in [3.8, 4) is 5.75 Å². The fraction of sp³-hybridized carbons (Fsp3) is 0.529. The molecule has 2 heterocycles. The minimum absolute atomic E-state index is 0.0869. The number of anilines is 1. The summed E-state index contributed by atoms with van der Waals surface area (Å²) in [6.07, 6.45) is -0.894. The first-order valence-electron chi connectivity index (χ1n) is 8.50. The van der Waals surface area contributed by atoms with Crippen molar-refractivity contribution in [3.05, 3.63) is 18.2 Å². The van der Waals surface area contributed by atoms with Crippen LogP contribution in [0.2, 0.25) is 0 Å². The Morgan fingerprint density at radius 1 is 1.35 bits per heavy atom. The van der Waals surface area contributed by atoms with Gasteiger partial charge in [0.2, 0.25) is 5.91 Å². The summed E-state index contributed by atoms with van der Waals surface area (Å²) in [5, 5.41) is 6.52. The Bertz CT molecular complexity index is 757. The molecule has 1 aliphatic heterocycles. The van der Waals surface area contributed by atoms with E-state index in [1.54, 1.807) is 6.07 Å². The lowest BCUT2D eigenvalue weighted by atomic mass is 9.93. The van der Waals surface area contributed by atoms with Crippen molar-refractivity contribution in [2.24, 2.45) is 5.92 Å². The number of nitrogens with zero attached hydrogens (tertiary/aromatic N) is 1. The third-order valence-electron chi connectivity index (χ3n) is 4.25. The lowest BCUT2D eigenvalue weighted by Crippen LogP contribution is -2.28. The van der Waals surface area contributed by atoms with Crippen molar-refractivity contribution in [2.75, 3.05) is 25.0 Å². The highest BCUT2D eigenvalue weighted by Gasteiger charge is 2.28. The van der Waals surface area contributed by atoms with Crippen LogP contribution in [0.3, 0.4) is 0 Å². The van der Waals surface area contributed by atoms with Crippen LogP contribution in [0.4, 0.5) is 18.3 Å². The maximum Gasteiger partial charge on any atom is 0.422 e. The van der Waals surface area contributed by atoms with E-state index in [9.17, 15) is 18.0 Å². The molecule has 5 nitrogen and oxygen atoms in total. The molecule has 1 saturated heterocycles. The smallest absolute Gasteiger partial charge is 0.422 e. The molecule has 1 aliphatic rings. The third-order valence-corrected chi connectivity index (χ3v) is 5.18. The number of piperidine rings is 1. The molecule has 0 radical (unpaired) electrons. The first-order valence-corrected chi connectivity index (χ1v) is 9.31. The van der Waals surface area contributed by atoms with Gasteiger partial charge in [0.15, 0.2) is 11.7 Å². The summed E-state index contributed by atoms with van der Waals surface area (Å²) >= 11 is 1.22. The Balaban J connectivity index is 1.55. The number of rotatable bonds is 6. The van der Waals surface area contributed by atoms with Gasteiger partial charge in [0.25, 0.3) is 0 Å². The van der Waals surface area contributed by atoms with Crippen LogP contribution in [0.5, 0.6) is 5.75 Å². The molecule has 2 N–H and O–H groups in total. The first kappa shape index (κ1) is 18.9. The van der Waals surface area contributed by atoms with E-state index in [1.165, 1.54) is 23.5 Å². The number of thiazole rings is 1. The van der Waals surface area contributed by atoms with Crippen LogP contribution in [-0.4, -0.2) is 36.8 Å². The minimum atomic E-state index is -4.38. The molecule has 26 heavy (non-hydrogen) atoms. The number of carbonyl (C=O) groups excluding carboxylic acids is 1. The average molecular weight is 387 g/mol. The predicted octanol–water partition coefficient (Wildman–Crippen LogP) is 3.96. The maximum absolute atomic E-state index is 12.2. The van der Waals surface area contributed by atoms with Crippen LogP contribution in [-0.2, 0) is 4.79 Å². The fourth-order valence-electron chi connectivity index (χ4n) is 2.90. The van der Waals surface area contributed by atoms with Crippen molar-refractivity contribution >= 4 is 32.6 Å². The van der Waals surface area contributed by atoms with Crippen LogP contribution in [0, 0.1) is 5.92 Å². The molecule has 1 fully saturated rings. The Labute approximate surface area is 152 Å². The van der Waals surface area contributed by atoms with Crippen molar-refractivity contribution in [3.63, 3.8) is 0 Å². The Hall–Kier alpha value is -1.87. The third kappa shape index (κ3) is 5.57. The highest BCUT2D eigenvalue weighted by atomic mass is 32.1. The number of aromatic nitrogens is 1. The zero-order valence-electron chi connectivity index (χ0n) is 14.1. The summed E-state index contributed by atoms with van der Waals surface area (Å²) in [5.74, 6) is 0.615. The van der Waals surface area contributed by atoms with Gasteiger partial charge in [0, 0.05) is 6.42 Å². The van der Waals surface area contributed by atoms with Gasteiger partial charge in [-0.3, -0.25) is 4.79 Å². The first-order chi connectivity index (χ1) is 12.4. The van der Waals surface area contributed by atoms with Gasteiger partial charge in [-0.05, 0) is 56.5 Å². The lowest BCUT2D eigenvalue weighted by Gasteiger charge is -2.21. The van der Waals surface area contributed by atoms with Gasteiger partial charge in [-0.15, -0.1) is 0 Å². The molecule has 1 amide bonds. The summed E-state index contributed by atoms with van der Waals surface area (Å²) in [5.41, 5.74) is 0.614. The summed E-state index contributed by atoms with van der Waals surface area (Å²) in [7, 11) is 0. The largest absolute Gasteiger partial charge is 0.484 e. The maximum atomic E-state index is 12.2. The zero-order chi connectivity index (χ0) is 18.6. The number of amides is 1. The molecule has 0 spiro atoms. The van der Waals surface area contributed by atoms with Gasteiger partial charge >= 0.3 is 6.18 Å². The molecular formula is C17H20F3N3O2S. The summed E-state index contributed by atoms with van der Waals surface area (Å²) in [4.78, 5) is 16.4. The number of halogens is 3. The van der Waals surface area contributed by atoms with Crippen LogP contribution in [0.25, 0.3) is 10.2 Å². The summed E-state index contributed by atoms with van der Waals surface area (Å²) in [6.45, 7) is 0.670. The topological polar surface area (TPSA) is 63.2 Å². The fourth-order valence-corrected chi connectivity index (χ4v) is 3.81. The van der Waals surface area contributed by atoms with Gasteiger partial charge in [0.05, 0.1) is 10.2 Å². The number of carbonyl (C=O) groups is 1. The second-order valence-corrected chi connectivity index (χ2v) is 7.36. The number of nitrogens with one attached hydrogen (secondary N) is 2. The van der Waals surface area contributed by atoms with E-state index in [4.69, 9.17) is 4.74 Å². The molecule has 3 rings (SSSR count). The van der Waals surface area contributed by atoms with Crippen LogP contribution >= 0.6 is 11.3 Å². The van der Waals surface area contributed by atoms with Gasteiger partial charge in [0.1, 0.15) is 5.75 Å². The number of alkyl halides is 3. The van der Waals surface area contributed by atoms with Crippen LogP contribution < -0.4 is 15.4 Å². The molecule has 0 aliphatic carbocycles. The van der Waals surface area contributed by atoms with E-state index in [1.807, 2.05) is 0 Å². The van der Waals surface area contributed by atoms with Gasteiger partial charge in [-0.25, -0.2) is 4.98 Å².